The van der Waals surface area contributed by atoms with Gasteiger partial charge in [0.05, 0.1) is 5.69 Å². The molecule has 0 atom stereocenters. The molecule has 2 rings (SSSR count). The molecule has 0 spiro atoms. The molecule has 0 amide bonds. The summed E-state index contributed by atoms with van der Waals surface area (Å²) in [6, 6.07) is 0. The number of aromatic nitrogens is 1. The van der Waals surface area contributed by atoms with Crippen molar-refractivity contribution in [2.24, 2.45) is 5.41 Å². The van der Waals surface area contributed by atoms with Crippen LogP contribution in [0.1, 0.15) is 39.3 Å². The zero-order valence-electron chi connectivity index (χ0n) is 11.1. The van der Waals surface area contributed by atoms with Gasteiger partial charge in [-0.1, -0.05) is 20.8 Å². The predicted molar refractivity (Wildman–Crippen MR) is 74.7 cm³/mol. The molecule has 0 aromatic carbocycles. The van der Waals surface area contributed by atoms with E-state index in [1.165, 1.54) is 23.7 Å². The van der Waals surface area contributed by atoms with Gasteiger partial charge in [-0.2, -0.15) is 0 Å². The standard InChI is InChI=1S/C13H23N3S/c1-4-14-9-11-10-17-12(15-11)16-7-5-13(2,3)6-8-16/h10,14H,4-9H2,1-3H3. The smallest absolute Gasteiger partial charge is 0.185 e. The molecule has 17 heavy (non-hydrogen) atoms. The first kappa shape index (κ1) is 12.8. The van der Waals surface area contributed by atoms with Gasteiger partial charge in [0, 0.05) is 25.0 Å². The monoisotopic (exact) mass is 253 g/mol. The van der Waals surface area contributed by atoms with E-state index in [1.807, 2.05) is 0 Å². The molecule has 1 aromatic heterocycles. The highest BCUT2D eigenvalue weighted by Gasteiger charge is 2.26. The fourth-order valence-electron chi connectivity index (χ4n) is 2.08. The van der Waals surface area contributed by atoms with Gasteiger partial charge in [-0.25, -0.2) is 4.98 Å². The first-order valence-electron chi connectivity index (χ1n) is 6.51. The van der Waals surface area contributed by atoms with Crippen LogP contribution in [0.25, 0.3) is 0 Å². The van der Waals surface area contributed by atoms with E-state index >= 15 is 0 Å². The molecule has 0 unspecified atom stereocenters. The normalized spacial score (nSPS) is 19.6. The molecule has 0 bridgehead atoms. The highest BCUT2D eigenvalue weighted by molar-refractivity contribution is 7.13. The van der Waals surface area contributed by atoms with Crippen molar-refractivity contribution in [2.45, 2.75) is 40.2 Å². The predicted octanol–water partition coefficient (Wildman–Crippen LogP) is 2.88. The lowest BCUT2D eigenvalue weighted by atomic mass is 9.83. The number of thiazole rings is 1. The van der Waals surface area contributed by atoms with E-state index in [-0.39, 0.29) is 0 Å². The lowest BCUT2D eigenvalue weighted by molar-refractivity contribution is 0.279. The second-order valence-electron chi connectivity index (χ2n) is 5.55. The number of anilines is 1. The van der Waals surface area contributed by atoms with Crippen molar-refractivity contribution in [3.05, 3.63) is 11.1 Å². The lowest BCUT2D eigenvalue weighted by Gasteiger charge is -2.36. The third-order valence-corrected chi connectivity index (χ3v) is 4.43. The van der Waals surface area contributed by atoms with E-state index in [9.17, 15) is 0 Å². The van der Waals surface area contributed by atoms with E-state index < -0.39 is 0 Å². The number of rotatable bonds is 4. The average Bonchev–Trinajstić information content (AvgIpc) is 2.75. The third kappa shape index (κ3) is 3.42. The van der Waals surface area contributed by atoms with Crippen LogP contribution in [0.15, 0.2) is 5.38 Å². The highest BCUT2D eigenvalue weighted by Crippen LogP contribution is 2.33. The van der Waals surface area contributed by atoms with Gasteiger partial charge >= 0.3 is 0 Å². The molecule has 4 heteroatoms. The van der Waals surface area contributed by atoms with Crippen LogP contribution in [-0.4, -0.2) is 24.6 Å². The molecule has 96 valence electrons. The summed E-state index contributed by atoms with van der Waals surface area (Å²) in [6.07, 6.45) is 2.55. The van der Waals surface area contributed by atoms with Gasteiger partial charge in [0.25, 0.3) is 0 Å². The van der Waals surface area contributed by atoms with Crippen molar-refractivity contribution in [1.29, 1.82) is 0 Å². The molecule has 2 heterocycles. The van der Waals surface area contributed by atoms with Crippen LogP contribution in [0, 0.1) is 5.41 Å². The van der Waals surface area contributed by atoms with E-state index in [1.54, 1.807) is 11.3 Å². The summed E-state index contributed by atoms with van der Waals surface area (Å²) in [4.78, 5) is 7.14. The van der Waals surface area contributed by atoms with Gasteiger partial charge in [-0.15, -0.1) is 11.3 Å². The van der Waals surface area contributed by atoms with Crippen molar-refractivity contribution in [2.75, 3.05) is 24.5 Å². The van der Waals surface area contributed by atoms with Crippen LogP contribution < -0.4 is 10.2 Å². The molecule has 0 saturated carbocycles. The Morgan fingerprint density at radius 2 is 2.12 bits per heavy atom. The van der Waals surface area contributed by atoms with Gasteiger partial charge < -0.3 is 10.2 Å². The van der Waals surface area contributed by atoms with Crippen molar-refractivity contribution in [3.63, 3.8) is 0 Å². The molecule has 1 aliphatic heterocycles. The Kier molecular flexibility index (Phi) is 4.05. The Labute approximate surface area is 108 Å². The maximum Gasteiger partial charge on any atom is 0.185 e. The maximum absolute atomic E-state index is 4.70. The van der Waals surface area contributed by atoms with E-state index in [0.717, 1.165) is 26.2 Å². The lowest BCUT2D eigenvalue weighted by Crippen LogP contribution is -2.37. The van der Waals surface area contributed by atoms with Crippen LogP contribution in [0.4, 0.5) is 5.13 Å². The number of hydrogen-bond acceptors (Lipinski definition) is 4. The first-order valence-corrected chi connectivity index (χ1v) is 7.39. The van der Waals surface area contributed by atoms with Crippen molar-refractivity contribution >= 4 is 16.5 Å². The minimum atomic E-state index is 0.514. The SMILES string of the molecule is CCNCc1csc(N2CCC(C)(C)CC2)n1. The van der Waals surface area contributed by atoms with Crippen molar-refractivity contribution in [3.8, 4) is 0 Å². The van der Waals surface area contributed by atoms with Gasteiger partial charge in [-0.05, 0) is 24.8 Å². The second kappa shape index (κ2) is 5.36. The number of nitrogens with zero attached hydrogens (tertiary/aromatic N) is 2. The summed E-state index contributed by atoms with van der Waals surface area (Å²) in [6.45, 7) is 11.1. The molecule has 0 radical (unpaired) electrons. The van der Waals surface area contributed by atoms with Crippen LogP contribution in [0.2, 0.25) is 0 Å². The quantitative estimate of drug-likeness (QED) is 0.894. The fourth-order valence-corrected chi connectivity index (χ4v) is 2.96. The van der Waals surface area contributed by atoms with Gasteiger partial charge in [0.1, 0.15) is 0 Å². The third-order valence-electron chi connectivity index (χ3n) is 3.48. The first-order chi connectivity index (χ1) is 8.11. The largest absolute Gasteiger partial charge is 0.348 e. The summed E-state index contributed by atoms with van der Waals surface area (Å²) >= 11 is 1.78. The summed E-state index contributed by atoms with van der Waals surface area (Å²) in [5.41, 5.74) is 1.69. The van der Waals surface area contributed by atoms with Crippen LogP contribution in [0.3, 0.4) is 0 Å². The number of hydrogen-bond donors (Lipinski definition) is 1. The molecule has 1 aliphatic rings. The zero-order valence-corrected chi connectivity index (χ0v) is 11.9. The van der Waals surface area contributed by atoms with E-state index in [2.05, 4.69) is 36.4 Å². The van der Waals surface area contributed by atoms with Gasteiger partial charge in [0.2, 0.25) is 0 Å². The summed E-state index contributed by atoms with van der Waals surface area (Å²) < 4.78 is 0. The van der Waals surface area contributed by atoms with Gasteiger partial charge in [-0.3, -0.25) is 0 Å². The Morgan fingerprint density at radius 3 is 2.76 bits per heavy atom. The topological polar surface area (TPSA) is 28.2 Å². The Hall–Kier alpha value is -0.610. The molecule has 0 aliphatic carbocycles. The van der Waals surface area contributed by atoms with Gasteiger partial charge in [0.15, 0.2) is 5.13 Å². The Morgan fingerprint density at radius 1 is 1.41 bits per heavy atom. The molecule has 1 N–H and O–H groups in total. The van der Waals surface area contributed by atoms with E-state index in [4.69, 9.17) is 4.98 Å². The molecule has 1 saturated heterocycles. The van der Waals surface area contributed by atoms with Crippen molar-refractivity contribution in [1.82, 2.24) is 10.3 Å². The van der Waals surface area contributed by atoms with Crippen molar-refractivity contribution < 1.29 is 0 Å². The van der Waals surface area contributed by atoms with Crippen LogP contribution >= 0.6 is 11.3 Å². The minimum Gasteiger partial charge on any atom is -0.348 e. The van der Waals surface area contributed by atoms with Crippen LogP contribution in [0.5, 0.6) is 0 Å². The number of piperidine rings is 1. The average molecular weight is 253 g/mol. The summed E-state index contributed by atoms with van der Waals surface area (Å²) in [5.74, 6) is 0. The summed E-state index contributed by atoms with van der Waals surface area (Å²) in [5, 5.41) is 6.70. The zero-order chi connectivity index (χ0) is 12.3. The Balaban J connectivity index is 1.92. The minimum absolute atomic E-state index is 0.514. The maximum atomic E-state index is 4.70. The van der Waals surface area contributed by atoms with E-state index in [0.29, 0.717) is 5.41 Å². The molecule has 1 fully saturated rings. The van der Waals surface area contributed by atoms with Crippen LogP contribution in [-0.2, 0) is 6.54 Å². The molecule has 3 nitrogen and oxygen atoms in total. The Bertz CT molecular complexity index is 349. The highest BCUT2D eigenvalue weighted by atomic mass is 32.1. The second-order valence-corrected chi connectivity index (χ2v) is 6.39. The molecule has 1 aromatic rings. The number of nitrogens with one attached hydrogen (secondary N) is 1. The molecular weight excluding hydrogens is 230 g/mol. The summed E-state index contributed by atoms with van der Waals surface area (Å²) in [7, 11) is 0. The fraction of sp³-hybridized carbons (Fsp3) is 0.769. The molecular formula is C13H23N3S.